The van der Waals surface area contributed by atoms with Crippen LogP contribution in [-0.2, 0) is 0 Å². The minimum Gasteiger partial charge on any atom is -0.326 e. The highest BCUT2D eigenvalue weighted by Crippen LogP contribution is 2.04. The van der Waals surface area contributed by atoms with E-state index in [4.69, 9.17) is 5.73 Å². The van der Waals surface area contributed by atoms with Crippen LogP contribution in [-0.4, -0.2) is 30.6 Å². The quantitative estimate of drug-likeness (QED) is 0.518. The highest BCUT2D eigenvalue weighted by molar-refractivity contribution is 4.99. The summed E-state index contributed by atoms with van der Waals surface area (Å²) in [6.45, 7) is 4.91. The third kappa shape index (κ3) is 2.02. The lowest BCUT2D eigenvalue weighted by Crippen LogP contribution is -2.26. The van der Waals surface area contributed by atoms with Crippen LogP contribution < -0.4 is 5.73 Å². The van der Waals surface area contributed by atoms with Crippen molar-refractivity contribution in [1.82, 2.24) is 4.90 Å². The summed E-state index contributed by atoms with van der Waals surface area (Å²) in [4.78, 5) is 2.29. The first-order chi connectivity index (χ1) is 4.83. The van der Waals surface area contributed by atoms with Gasteiger partial charge >= 0.3 is 0 Å². The summed E-state index contributed by atoms with van der Waals surface area (Å²) in [5, 5.41) is 0. The fourth-order valence-electron chi connectivity index (χ4n) is 1.20. The fraction of sp³-hybridized carbons (Fsp3) is 0.750. The van der Waals surface area contributed by atoms with Gasteiger partial charge in [0.15, 0.2) is 0 Å². The van der Waals surface area contributed by atoms with E-state index in [0.717, 1.165) is 26.1 Å². The van der Waals surface area contributed by atoms with Gasteiger partial charge in [-0.1, -0.05) is 5.92 Å². The Kier molecular flexibility index (Phi) is 2.73. The third-order valence-electron chi connectivity index (χ3n) is 1.79. The van der Waals surface area contributed by atoms with E-state index in [1.165, 1.54) is 0 Å². The summed E-state index contributed by atoms with van der Waals surface area (Å²) in [6.07, 6.45) is 1.13. The van der Waals surface area contributed by atoms with E-state index in [2.05, 4.69) is 16.7 Å². The van der Waals surface area contributed by atoms with Crippen molar-refractivity contribution < 1.29 is 0 Å². The Hall–Kier alpha value is -0.520. The first kappa shape index (κ1) is 7.59. The molecule has 1 atom stereocenters. The molecule has 0 radical (unpaired) electrons. The highest BCUT2D eigenvalue weighted by Gasteiger charge is 2.16. The number of nitrogens with two attached hydrogens (primary N) is 1. The summed E-state index contributed by atoms with van der Waals surface area (Å²) in [6, 6.07) is 0.388. The highest BCUT2D eigenvalue weighted by atomic mass is 15.2. The van der Waals surface area contributed by atoms with Crippen molar-refractivity contribution in [2.45, 2.75) is 19.4 Å². The van der Waals surface area contributed by atoms with Crippen LogP contribution in [0.3, 0.4) is 0 Å². The summed E-state index contributed by atoms with van der Waals surface area (Å²) >= 11 is 0. The van der Waals surface area contributed by atoms with Gasteiger partial charge in [0, 0.05) is 19.1 Å². The molecule has 0 saturated carbocycles. The third-order valence-corrected chi connectivity index (χ3v) is 1.79. The lowest BCUT2D eigenvalue weighted by Gasteiger charge is -2.09. The molecule has 0 aromatic carbocycles. The van der Waals surface area contributed by atoms with E-state index in [-0.39, 0.29) is 0 Å². The van der Waals surface area contributed by atoms with Crippen LogP contribution >= 0.6 is 0 Å². The number of hydrogen-bond donors (Lipinski definition) is 1. The minimum absolute atomic E-state index is 0.388. The molecule has 1 fully saturated rings. The van der Waals surface area contributed by atoms with Gasteiger partial charge in [-0.3, -0.25) is 4.90 Å². The average Bonchev–Trinajstić information content (AvgIpc) is 2.31. The molecule has 1 saturated heterocycles. The summed E-state index contributed by atoms with van der Waals surface area (Å²) in [7, 11) is 0. The zero-order chi connectivity index (χ0) is 7.40. The molecule has 0 bridgehead atoms. The summed E-state index contributed by atoms with van der Waals surface area (Å²) < 4.78 is 0. The van der Waals surface area contributed by atoms with Crippen LogP contribution in [0.4, 0.5) is 0 Å². The summed E-state index contributed by atoms with van der Waals surface area (Å²) in [5.74, 6) is 5.91. The second-order valence-corrected chi connectivity index (χ2v) is 2.71. The number of rotatable bonds is 1. The molecule has 0 aliphatic carbocycles. The van der Waals surface area contributed by atoms with E-state index in [9.17, 15) is 0 Å². The molecule has 0 unspecified atom stereocenters. The maximum Gasteiger partial charge on any atom is 0.0602 e. The SMILES string of the molecule is CC#CCN1CC[C@@H](N)C1. The van der Waals surface area contributed by atoms with E-state index in [1.807, 2.05) is 6.92 Å². The predicted octanol–water partition coefficient (Wildman–Crippen LogP) is 0.0427. The van der Waals surface area contributed by atoms with Crippen molar-refractivity contribution in [3.63, 3.8) is 0 Å². The van der Waals surface area contributed by atoms with Crippen molar-refractivity contribution >= 4 is 0 Å². The molecular formula is C8H14N2. The average molecular weight is 138 g/mol. The molecule has 0 aromatic heterocycles. The molecule has 0 amide bonds. The number of hydrogen-bond acceptors (Lipinski definition) is 2. The largest absolute Gasteiger partial charge is 0.326 e. The van der Waals surface area contributed by atoms with Gasteiger partial charge in [-0.2, -0.15) is 0 Å². The predicted molar refractivity (Wildman–Crippen MR) is 42.5 cm³/mol. The number of nitrogens with zero attached hydrogens (tertiary/aromatic N) is 1. The molecule has 0 aromatic rings. The zero-order valence-electron chi connectivity index (χ0n) is 6.43. The standard InChI is InChI=1S/C8H14N2/c1-2-3-5-10-6-4-8(9)7-10/h8H,4-7,9H2,1H3/t8-/m1/s1. The van der Waals surface area contributed by atoms with E-state index < -0.39 is 0 Å². The molecule has 1 aliphatic heterocycles. The van der Waals surface area contributed by atoms with Crippen molar-refractivity contribution in [1.29, 1.82) is 0 Å². The Morgan fingerprint density at radius 3 is 3.00 bits per heavy atom. The summed E-state index contributed by atoms with van der Waals surface area (Å²) in [5.41, 5.74) is 5.71. The van der Waals surface area contributed by atoms with Gasteiger partial charge in [0.1, 0.15) is 0 Å². The molecule has 2 heteroatoms. The van der Waals surface area contributed by atoms with E-state index >= 15 is 0 Å². The monoisotopic (exact) mass is 138 g/mol. The fourth-order valence-corrected chi connectivity index (χ4v) is 1.20. The maximum absolute atomic E-state index is 5.71. The van der Waals surface area contributed by atoms with Gasteiger partial charge in [0.05, 0.1) is 6.54 Å². The van der Waals surface area contributed by atoms with Gasteiger partial charge < -0.3 is 5.73 Å². The zero-order valence-corrected chi connectivity index (χ0v) is 6.43. The van der Waals surface area contributed by atoms with Crippen molar-refractivity contribution in [2.75, 3.05) is 19.6 Å². The van der Waals surface area contributed by atoms with Crippen LogP contribution in [0.15, 0.2) is 0 Å². The minimum atomic E-state index is 0.388. The first-order valence-corrected chi connectivity index (χ1v) is 3.70. The lowest BCUT2D eigenvalue weighted by molar-refractivity contribution is 0.377. The Bertz CT molecular complexity index is 154. The van der Waals surface area contributed by atoms with Gasteiger partial charge in [-0.05, 0) is 13.3 Å². The molecule has 2 nitrogen and oxygen atoms in total. The van der Waals surface area contributed by atoms with Crippen LogP contribution in [0.5, 0.6) is 0 Å². The first-order valence-electron chi connectivity index (χ1n) is 3.70. The maximum atomic E-state index is 5.71. The second-order valence-electron chi connectivity index (χ2n) is 2.71. The van der Waals surface area contributed by atoms with Gasteiger partial charge in [0.2, 0.25) is 0 Å². The molecule has 0 spiro atoms. The Morgan fingerprint density at radius 1 is 1.70 bits per heavy atom. The molecule has 1 heterocycles. The van der Waals surface area contributed by atoms with Gasteiger partial charge in [-0.15, -0.1) is 5.92 Å². The number of likely N-dealkylation sites (tertiary alicyclic amines) is 1. The van der Waals surface area contributed by atoms with Crippen molar-refractivity contribution in [3.8, 4) is 11.8 Å². The van der Waals surface area contributed by atoms with Crippen molar-refractivity contribution in [2.24, 2.45) is 5.73 Å². The molecule has 2 N–H and O–H groups in total. The smallest absolute Gasteiger partial charge is 0.0602 e. The Balaban J connectivity index is 2.22. The van der Waals surface area contributed by atoms with Crippen molar-refractivity contribution in [3.05, 3.63) is 0 Å². The lowest BCUT2D eigenvalue weighted by atomic mass is 10.3. The van der Waals surface area contributed by atoms with E-state index in [0.29, 0.717) is 6.04 Å². The van der Waals surface area contributed by atoms with Crippen LogP contribution in [0.2, 0.25) is 0 Å². The second kappa shape index (κ2) is 3.60. The van der Waals surface area contributed by atoms with Gasteiger partial charge in [0.25, 0.3) is 0 Å². The molecule has 10 heavy (non-hydrogen) atoms. The molecular weight excluding hydrogens is 124 g/mol. The Labute approximate surface area is 62.4 Å². The van der Waals surface area contributed by atoms with Gasteiger partial charge in [-0.25, -0.2) is 0 Å². The topological polar surface area (TPSA) is 29.3 Å². The Morgan fingerprint density at radius 2 is 2.50 bits per heavy atom. The van der Waals surface area contributed by atoms with Crippen LogP contribution in [0, 0.1) is 11.8 Å². The molecule has 1 aliphatic rings. The normalized spacial score (nSPS) is 26.0. The van der Waals surface area contributed by atoms with Crippen LogP contribution in [0.25, 0.3) is 0 Å². The molecule has 56 valence electrons. The van der Waals surface area contributed by atoms with Crippen LogP contribution in [0.1, 0.15) is 13.3 Å². The molecule has 1 rings (SSSR count). The van der Waals surface area contributed by atoms with E-state index in [1.54, 1.807) is 0 Å².